The van der Waals surface area contributed by atoms with Crippen molar-refractivity contribution in [3.8, 4) is 5.75 Å². The van der Waals surface area contributed by atoms with E-state index in [4.69, 9.17) is 4.74 Å². The van der Waals surface area contributed by atoms with Crippen LogP contribution in [0.3, 0.4) is 0 Å². The van der Waals surface area contributed by atoms with Gasteiger partial charge in [0.15, 0.2) is 6.61 Å². The zero-order valence-corrected chi connectivity index (χ0v) is 13.3. The Morgan fingerprint density at radius 3 is 3.04 bits per heavy atom. The van der Waals surface area contributed by atoms with Gasteiger partial charge in [0.05, 0.1) is 5.69 Å². The molecule has 1 aliphatic heterocycles. The normalized spacial score (nSPS) is 12.6. The van der Waals surface area contributed by atoms with E-state index in [0.717, 1.165) is 5.69 Å². The lowest BCUT2D eigenvalue weighted by atomic mass is 10.2. The average molecular weight is 326 g/mol. The van der Waals surface area contributed by atoms with Gasteiger partial charge in [-0.05, 0) is 24.3 Å². The summed E-state index contributed by atoms with van der Waals surface area (Å²) in [7, 11) is 1.73. The quantitative estimate of drug-likeness (QED) is 0.901. The standard InChI is InChI=1S/C17H18N4O3/c1-21(9-7-12-4-2-3-8-18-12)17(23)19-13-5-6-14-15(10-13)24-11-16(22)20-14/h2-6,8,10H,7,9,11H2,1H3,(H,19,23)(H,20,22). The van der Waals surface area contributed by atoms with Gasteiger partial charge >= 0.3 is 6.03 Å². The molecular formula is C17H18N4O3. The molecule has 24 heavy (non-hydrogen) atoms. The third-order valence-electron chi connectivity index (χ3n) is 3.64. The van der Waals surface area contributed by atoms with Gasteiger partial charge in [0.2, 0.25) is 0 Å². The number of pyridine rings is 1. The maximum absolute atomic E-state index is 12.2. The van der Waals surface area contributed by atoms with Crippen molar-refractivity contribution in [1.82, 2.24) is 9.88 Å². The van der Waals surface area contributed by atoms with Crippen molar-refractivity contribution in [2.45, 2.75) is 6.42 Å². The van der Waals surface area contributed by atoms with Crippen LogP contribution in [0.2, 0.25) is 0 Å². The van der Waals surface area contributed by atoms with E-state index in [1.54, 1.807) is 36.3 Å². The molecule has 0 spiro atoms. The van der Waals surface area contributed by atoms with Gasteiger partial charge in [-0.2, -0.15) is 0 Å². The predicted molar refractivity (Wildman–Crippen MR) is 90.2 cm³/mol. The Bertz CT molecular complexity index is 749. The summed E-state index contributed by atoms with van der Waals surface area (Å²) in [4.78, 5) is 29.3. The number of nitrogens with one attached hydrogen (secondary N) is 2. The van der Waals surface area contributed by atoms with Crippen molar-refractivity contribution in [3.05, 3.63) is 48.3 Å². The average Bonchev–Trinajstić information content (AvgIpc) is 2.60. The molecule has 2 N–H and O–H groups in total. The molecule has 3 amide bonds. The highest BCUT2D eigenvalue weighted by atomic mass is 16.5. The summed E-state index contributed by atoms with van der Waals surface area (Å²) in [6.45, 7) is 0.536. The maximum Gasteiger partial charge on any atom is 0.321 e. The van der Waals surface area contributed by atoms with E-state index in [1.165, 1.54) is 0 Å². The first-order chi connectivity index (χ1) is 11.6. The Kier molecular flexibility index (Phi) is 4.60. The van der Waals surface area contributed by atoms with Gasteiger partial charge in [-0.1, -0.05) is 6.07 Å². The molecule has 1 aliphatic rings. The predicted octanol–water partition coefficient (Wildman–Crippen LogP) is 2.12. The number of amides is 3. The summed E-state index contributed by atoms with van der Waals surface area (Å²) >= 11 is 0. The van der Waals surface area contributed by atoms with Crippen LogP contribution in [-0.4, -0.2) is 42.0 Å². The van der Waals surface area contributed by atoms with Crippen molar-refractivity contribution < 1.29 is 14.3 Å². The third kappa shape index (κ3) is 3.81. The molecule has 0 saturated carbocycles. The first kappa shape index (κ1) is 15.8. The molecule has 0 bridgehead atoms. The molecule has 124 valence electrons. The van der Waals surface area contributed by atoms with Gasteiger partial charge in [0.1, 0.15) is 5.75 Å². The lowest BCUT2D eigenvalue weighted by molar-refractivity contribution is -0.118. The number of hydrogen-bond donors (Lipinski definition) is 2. The van der Waals surface area contributed by atoms with Crippen molar-refractivity contribution in [1.29, 1.82) is 0 Å². The fourth-order valence-electron chi connectivity index (χ4n) is 2.30. The highest BCUT2D eigenvalue weighted by molar-refractivity contribution is 5.96. The number of ether oxygens (including phenoxy) is 1. The minimum atomic E-state index is -0.217. The summed E-state index contributed by atoms with van der Waals surface area (Å²) in [6, 6.07) is 10.6. The summed E-state index contributed by atoms with van der Waals surface area (Å²) in [5.74, 6) is 0.358. The maximum atomic E-state index is 12.2. The van der Waals surface area contributed by atoms with Crippen LogP contribution in [0, 0.1) is 0 Å². The number of urea groups is 1. The van der Waals surface area contributed by atoms with Crippen molar-refractivity contribution in [2.24, 2.45) is 0 Å². The second-order valence-electron chi connectivity index (χ2n) is 5.47. The number of aromatic nitrogens is 1. The van der Waals surface area contributed by atoms with Gasteiger partial charge in [0.25, 0.3) is 5.91 Å². The van der Waals surface area contributed by atoms with Gasteiger partial charge in [-0.3, -0.25) is 9.78 Å². The lowest BCUT2D eigenvalue weighted by Crippen LogP contribution is -2.33. The Labute approximate surface area is 139 Å². The number of carbonyl (C=O) groups is 2. The van der Waals surface area contributed by atoms with Gasteiger partial charge < -0.3 is 20.3 Å². The zero-order valence-electron chi connectivity index (χ0n) is 13.3. The largest absolute Gasteiger partial charge is 0.482 e. The molecule has 1 aromatic heterocycles. The SMILES string of the molecule is CN(CCc1ccccn1)C(=O)Nc1ccc2c(c1)OCC(=O)N2. The highest BCUT2D eigenvalue weighted by Gasteiger charge is 2.17. The number of carbonyl (C=O) groups excluding carboxylic acids is 2. The number of likely N-dealkylation sites (N-methyl/N-ethyl adjacent to an activating group) is 1. The second-order valence-corrected chi connectivity index (χ2v) is 5.47. The second kappa shape index (κ2) is 6.99. The zero-order chi connectivity index (χ0) is 16.9. The molecule has 7 heteroatoms. The molecule has 0 atom stereocenters. The van der Waals surface area contributed by atoms with Gasteiger partial charge in [-0.15, -0.1) is 0 Å². The number of fused-ring (bicyclic) bond motifs is 1. The molecule has 2 heterocycles. The van der Waals surface area contributed by atoms with Crippen LogP contribution in [0.15, 0.2) is 42.6 Å². The van der Waals surface area contributed by atoms with Gasteiger partial charge in [-0.25, -0.2) is 4.79 Å². The van der Waals surface area contributed by atoms with Crippen molar-refractivity contribution in [3.63, 3.8) is 0 Å². The Balaban J connectivity index is 1.57. The molecule has 0 saturated heterocycles. The Hall–Kier alpha value is -3.09. The molecule has 0 unspecified atom stereocenters. The van der Waals surface area contributed by atoms with Crippen LogP contribution in [0.1, 0.15) is 5.69 Å². The monoisotopic (exact) mass is 326 g/mol. The van der Waals surface area contributed by atoms with Crippen LogP contribution < -0.4 is 15.4 Å². The highest BCUT2D eigenvalue weighted by Crippen LogP contribution is 2.30. The van der Waals surface area contributed by atoms with Crippen LogP contribution >= 0.6 is 0 Å². The van der Waals surface area contributed by atoms with E-state index < -0.39 is 0 Å². The van der Waals surface area contributed by atoms with Crippen LogP contribution in [0.4, 0.5) is 16.2 Å². The summed E-state index contributed by atoms with van der Waals surface area (Å²) < 4.78 is 5.34. The fourth-order valence-corrected chi connectivity index (χ4v) is 2.30. The molecule has 7 nitrogen and oxygen atoms in total. The van der Waals surface area contributed by atoms with Crippen LogP contribution in [-0.2, 0) is 11.2 Å². The molecule has 2 aromatic rings. The number of nitrogens with zero attached hydrogens (tertiary/aromatic N) is 2. The smallest absolute Gasteiger partial charge is 0.321 e. The van der Waals surface area contributed by atoms with E-state index in [0.29, 0.717) is 30.1 Å². The number of benzene rings is 1. The molecule has 0 fully saturated rings. The molecular weight excluding hydrogens is 308 g/mol. The first-order valence-corrected chi connectivity index (χ1v) is 7.60. The topological polar surface area (TPSA) is 83.6 Å². The third-order valence-corrected chi connectivity index (χ3v) is 3.64. The number of hydrogen-bond acceptors (Lipinski definition) is 4. The van der Waals surface area contributed by atoms with E-state index in [9.17, 15) is 9.59 Å². The molecule has 3 rings (SSSR count). The van der Waals surface area contributed by atoms with Crippen LogP contribution in [0.5, 0.6) is 5.75 Å². The number of anilines is 2. The minimum absolute atomic E-state index is 0.0195. The van der Waals surface area contributed by atoms with E-state index >= 15 is 0 Å². The molecule has 0 radical (unpaired) electrons. The van der Waals surface area contributed by atoms with Crippen molar-refractivity contribution in [2.75, 3.05) is 30.8 Å². The van der Waals surface area contributed by atoms with Crippen LogP contribution in [0.25, 0.3) is 0 Å². The van der Waals surface area contributed by atoms with E-state index in [-0.39, 0.29) is 18.5 Å². The fraction of sp³-hybridized carbons (Fsp3) is 0.235. The summed E-state index contributed by atoms with van der Waals surface area (Å²) in [5, 5.41) is 5.52. The Morgan fingerprint density at radius 1 is 1.38 bits per heavy atom. The number of rotatable bonds is 4. The summed E-state index contributed by atoms with van der Waals surface area (Å²) in [6.07, 6.45) is 2.42. The minimum Gasteiger partial charge on any atom is -0.482 e. The molecule has 1 aromatic carbocycles. The van der Waals surface area contributed by atoms with E-state index in [2.05, 4.69) is 15.6 Å². The van der Waals surface area contributed by atoms with Gasteiger partial charge in [0, 0.05) is 43.7 Å². The van der Waals surface area contributed by atoms with Crippen molar-refractivity contribution >= 4 is 23.3 Å². The first-order valence-electron chi connectivity index (χ1n) is 7.60. The van der Waals surface area contributed by atoms with E-state index in [1.807, 2.05) is 18.2 Å². The lowest BCUT2D eigenvalue weighted by Gasteiger charge is -2.20. The Morgan fingerprint density at radius 2 is 2.25 bits per heavy atom. The summed E-state index contributed by atoms with van der Waals surface area (Å²) in [5.41, 5.74) is 2.16. The molecule has 0 aliphatic carbocycles.